The van der Waals surface area contributed by atoms with E-state index < -0.39 is 0 Å². The predicted octanol–water partition coefficient (Wildman–Crippen LogP) is 3.27. The van der Waals surface area contributed by atoms with Gasteiger partial charge >= 0.3 is 0 Å². The first-order valence-electron chi connectivity index (χ1n) is 7.50. The molecular formula is C18H19N3O3. The maximum Gasteiger partial charge on any atom is 0.203 e. The Balaban J connectivity index is 1.91. The summed E-state index contributed by atoms with van der Waals surface area (Å²) < 4.78 is 16.2. The van der Waals surface area contributed by atoms with Crippen LogP contribution in [-0.2, 0) is 6.54 Å². The number of benzene rings is 2. The van der Waals surface area contributed by atoms with Gasteiger partial charge in [-0.25, -0.2) is 9.97 Å². The summed E-state index contributed by atoms with van der Waals surface area (Å²) >= 11 is 0. The van der Waals surface area contributed by atoms with Crippen LogP contribution in [0.2, 0.25) is 0 Å². The van der Waals surface area contributed by atoms with E-state index in [1.807, 2.05) is 36.4 Å². The first-order valence-corrected chi connectivity index (χ1v) is 7.50. The van der Waals surface area contributed by atoms with Gasteiger partial charge in [0.25, 0.3) is 0 Å². The van der Waals surface area contributed by atoms with Gasteiger partial charge in [-0.2, -0.15) is 0 Å². The molecule has 124 valence electrons. The van der Waals surface area contributed by atoms with Gasteiger partial charge in [0, 0.05) is 17.5 Å². The normalized spacial score (nSPS) is 10.5. The summed E-state index contributed by atoms with van der Waals surface area (Å²) in [5.74, 6) is 2.62. The Kier molecular flexibility index (Phi) is 4.65. The fraction of sp³-hybridized carbons (Fsp3) is 0.222. The van der Waals surface area contributed by atoms with E-state index >= 15 is 0 Å². The number of rotatable bonds is 6. The van der Waals surface area contributed by atoms with Crippen LogP contribution < -0.4 is 19.5 Å². The number of aromatic nitrogens is 2. The van der Waals surface area contributed by atoms with Gasteiger partial charge < -0.3 is 19.5 Å². The highest BCUT2D eigenvalue weighted by atomic mass is 16.5. The van der Waals surface area contributed by atoms with E-state index in [1.165, 1.54) is 0 Å². The molecule has 24 heavy (non-hydrogen) atoms. The molecule has 6 nitrogen and oxygen atoms in total. The van der Waals surface area contributed by atoms with Crippen molar-refractivity contribution in [3.05, 3.63) is 48.3 Å². The lowest BCUT2D eigenvalue weighted by molar-refractivity contribution is 0.322. The molecule has 3 rings (SSSR count). The van der Waals surface area contributed by atoms with Gasteiger partial charge in [-0.3, -0.25) is 0 Å². The molecule has 3 aromatic rings. The monoisotopic (exact) mass is 325 g/mol. The minimum atomic E-state index is 0.532. The third-order valence-corrected chi connectivity index (χ3v) is 3.77. The van der Waals surface area contributed by atoms with Crippen molar-refractivity contribution in [2.24, 2.45) is 0 Å². The number of para-hydroxylation sites is 1. The van der Waals surface area contributed by atoms with Crippen LogP contribution in [0.15, 0.2) is 42.7 Å². The molecule has 0 saturated heterocycles. The Morgan fingerprint density at radius 3 is 2.42 bits per heavy atom. The molecule has 0 saturated carbocycles. The summed E-state index contributed by atoms with van der Waals surface area (Å²) in [5.41, 5.74) is 1.84. The zero-order valence-corrected chi connectivity index (χ0v) is 13.9. The Bertz CT molecular complexity index is 847. The standard InChI is InChI=1S/C18H19N3O3/c1-22-15-9-8-12(16(23-2)17(15)24-3)10-19-18-13-6-4-5-7-14(13)20-11-21-18/h4-9,11H,10H2,1-3H3,(H,19,20,21). The van der Waals surface area contributed by atoms with Crippen LogP contribution in [-0.4, -0.2) is 31.3 Å². The fourth-order valence-electron chi connectivity index (χ4n) is 2.63. The van der Waals surface area contributed by atoms with Crippen LogP contribution in [0.3, 0.4) is 0 Å². The van der Waals surface area contributed by atoms with Crippen molar-refractivity contribution < 1.29 is 14.2 Å². The predicted molar refractivity (Wildman–Crippen MR) is 93.0 cm³/mol. The molecule has 1 heterocycles. The van der Waals surface area contributed by atoms with E-state index in [9.17, 15) is 0 Å². The van der Waals surface area contributed by atoms with Gasteiger partial charge in [0.2, 0.25) is 5.75 Å². The average molecular weight is 325 g/mol. The smallest absolute Gasteiger partial charge is 0.203 e. The molecular weight excluding hydrogens is 306 g/mol. The summed E-state index contributed by atoms with van der Waals surface area (Å²) in [6.07, 6.45) is 1.55. The molecule has 6 heteroatoms. The lowest BCUT2D eigenvalue weighted by atomic mass is 10.1. The maximum atomic E-state index is 5.51. The first kappa shape index (κ1) is 15.9. The van der Waals surface area contributed by atoms with Gasteiger partial charge in [0.1, 0.15) is 12.1 Å². The van der Waals surface area contributed by atoms with Crippen LogP contribution in [0.5, 0.6) is 17.2 Å². The highest BCUT2D eigenvalue weighted by molar-refractivity contribution is 5.88. The summed E-state index contributed by atoms with van der Waals surface area (Å²) in [6.45, 7) is 0.532. The summed E-state index contributed by atoms with van der Waals surface area (Å²) in [5, 5.41) is 4.31. The zero-order valence-electron chi connectivity index (χ0n) is 13.9. The quantitative estimate of drug-likeness (QED) is 0.750. The Labute approximate surface area is 140 Å². The lowest BCUT2D eigenvalue weighted by Gasteiger charge is -2.16. The van der Waals surface area contributed by atoms with Gasteiger partial charge in [0.15, 0.2) is 11.5 Å². The van der Waals surface area contributed by atoms with E-state index in [2.05, 4.69) is 15.3 Å². The second kappa shape index (κ2) is 7.04. The zero-order chi connectivity index (χ0) is 16.9. The third-order valence-electron chi connectivity index (χ3n) is 3.77. The van der Waals surface area contributed by atoms with Crippen molar-refractivity contribution in [2.75, 3.05) is 26.6 Å². The molecule has 0 fully saturated rings. The average Bonchev–Trinajstić information content (AvgIpc) is 2.65. The number of hydrogen-bond donors (Lipinski definition) is 1. The second-order valence-corrected chi connectivity index (χ2v) is 5.09. The Hall–Kier alpha value is -3.02. The molecule has 0 radical (unpaired) electrons. The topological polar surface area (TPSA) is 65.5 Å². The summed E-state index contributed by atoms with van der Waals surface area (Å²) in [6, 6.07) is 11.7. The molecule has 0 aliphatic rings. The van der Waals surface area contributed by atoms with Crippen LogP contribution in [0, 0.1) is 0 Å². The molecule has 0 aliphatic carbocycles. The SMILES string of the molecule is COc1ccc(CNc2ncnc3ccccc23)c(OC)c1OC. The summed E-state index contributed by atoms with van der Waals surface area (Å²) in [4.78, 5) is 8.60. The Morgan fingerprint density at radius 1 is 0.875 bits per heavy atom. The molecule has 1 N–H and O–H groups in total. The number of nitrogens with one attached hydrogen (secondary N) is 1. The molecule has 0 aliphatic heterocycles. The second-order valence-electron chi connectivity index (χ2n) is 5.09. The van der Waals surface area contributed by atoms with Crippen LogP contribution >= 0.6 is 0 Å². The van der Waals surface area contributed by atoms with Crippen LogP contribution in [0.25, 0.3) is 10.9 Å². The molecule has 1 aromatic heterocycles. The highest BCUT2D eigenvalue weighted by Crippen LogP contribution is 2.40. The number of methoxy groups -OCH3 is 3. The maximum absolute atomic E-state index is 5.51. The molecule has 0 amide bonds. The van der Waals surface area contributed by atoms with Crippen molar-refractivity contribution in [3.63, 3.8) is 0 Å². The van der Waals surface area contributed by atoms with E-state index in [0.29, 0.717) is 23.8 Å². The minimum Gasteiger partial charge on any atom is -0.493 e. The molecule has 0 spiro atoms. The number of nitrogens with zero attached hydrogens (tertiary/aromatic N) is 2. The van der Waals surface area contributed by atoms with Gasteiger partial charge in [-0.05, 0) is 24.3 Å². The minimum absolute atomic E-state index is 0.532. The highest BCUT2D eigenvalue weighted by Gasteiger charge is 2.16. The largest absolute Gasteiger partial charge is 0.493 e. The van der Waals surface area contributed by atoms with E-state index in [-0.39, 0.29) is 0 Å². The third kappa shape index (κ3) is 2.90. The number of ether oxygens (including phenoxy) is 3. The lowest BCUT2D eigenvalue weighted by Crippen LogP contribution is -2.05. The summed E-state index contributed by atoms with van der Waals surface area (Å²) in [7, 11) is 4.80. The molecule has 0 bridgehead atoms. The van der Waals surface area contributed by atoms with E-state index in [0.717, 1.165) is 22.3 Å². The molecule has 0 atom stereocenters. The Morgan fingerprint density at radius 2 is 1.67 bits per heavy atom. The van der Waals surface area contributed by atoms with Gasteiger partial charge in [-0.15, -0.1) is 0 Å². The van der Waals surface area contributed by atoms with Gasteiger partial charge in [0.05, 0.1) is 26.8 Å². The molecule has 2 aromatic carbocycles. The molecule has 0 unspecified atom stereocenters. The van der Waals surface area contributed by atoms with Gasteiger partial charge in [-0.1, -0.05) is 12.1 Å². The van der Waals surface area contributed by atoms with Crippen molar-refractivity contribution in [1.82, 2.24) is 9.97 Å². The van der Waals surface area contributed by atoms with Crippen LogP contribution in [0.4, 0.5) is 5.82 Å². The first-order chi connectivity index (χ1) is 11.8. The number of hydrogen-bond acceptors (Lipinski definition) is 6. The fourth-order valence-corrected chi connectivity index (χ4v) is 2.63. The van der Waals surface area contributed by atoms with Crippen molar-refractivity contribution in [1.29, 1.82) is 0 Å². The van der Waals surface area contributed by atoms with Crippen molar-refractivity contribution in [3.8, 4) is 17.2 Å². The number of fused-ring (bicyclic) bond motifs is 1. The van der Waals surface area contributed by atoms with Crippen molar-refractivity contribution in [2.45, 2.75) is 6.54 Å². The van der Waals surface area contributed by atoms with Crippen molar-refractivity contribution >= 4 is 16.7 Å². The number of anilines is 1. The van der Waals surface area contributed by atoms with E-state index in [1.54, 1.807) is 27.7 Å². The van der Waals surface area contributed by atoms with Crippen LogP contribution in [0.1, 0.15) is 5.56 Å². The van der Waals surface area contributed by atoms with E-state index in [4.69, 9.17) is 14.2 Å².